The maximum atomic E-state index is 12.5. The summed E-state index contributed by atoms with van der Waals surface area (Å²) in [6.07, 6.45) is 3.97. The van der Waals surface area contributed by atoms with E-state index in [-0.39, 0.29) is 11.9 Å². The van der Waals surface area contributed by atoms with E-state index >= 15 is 0 Å². The van der Waals surface area contributed by atoms with Gasteiger partial charge in [0, 0.05) is 23.8 Å². The van der Waals surface area contributed by atoms with Crippen molar-refractivity contribution in [1.82, 2.24) is 10.6 Å². The van der Waals surface area contributed by atoms with E-state index in [0.717, 1.165) is 36.9 Å². The van der Waals surface area contributed by atoms with Crippen LogP contribution >= 0.6 is 0 Å². The predicted molar refractivity (Wildman–Crippen MR) is 85.8 cm³/mol. The molecule has 0 bridgehead atoms. The quantitative estimate of drug-likeness (QED) is 0.825. The van der Waals surface area contributed by atoms with E-state index in [9.17, 15) is 14.4 Å². The van der Waals surface area contributed by atoms with Gasteiger partial charge in [0.25, 0.3) is 5.91 Å². The summed E-state index contributed by atoms with van der Waals surface area (Å²) in [4.78, 5) is 38.2. The Balaban J connectivity index is 1.70. The number of benzene rings is 1. The zero-order chi connectivity index (χ0) is 16.4. The third-order valence-corrected chi connectivity index (χ3v) is 4.54. The normalized spacial score (nSPS) is 20.5. The molecule has 1 aromatic carbocycles. The Bertz CT molecular complexity index is 638. The molecule has 6 heteroatoms. The molecule has 1 fully saturated rings. The fourth-order valence-electron chi connectivity index (χ4n) is 3.37. The molecule has 1 saturated carbocycles. The number of nitrogens with zero attached hydrogens (tertiary/aromatic N) is 1. The van der Waals surface area contributed by atoms with Gasteiger partial charge in [-0.05, 0) is 25.8 Å². The van der Waals surface area contributed by atoms with Crippen LogP contribution in [0.2, 0.25) is 0 Å². The Kier molecular flexibility index (Phi) is 4.32. The number of para-hydroxylation sites is 1. The van der Waals surface area contributed by atoms with Gasteiger partial charge in [0.1, 0.15) is 6.04 Å². The number of anilines is 1. The van der Waals surface area contributed by atoms with Crippen LogP contribution in [0, 0.1) is 0 Å². The first-order chi connectivity index (χ1) is 11.1. The summed E-state index contributed by atoms with van der Waals surface area (Å²) < 4.78 is 0. The van der Waals surface area contributed by atoms with E-state index in [1.807, 2.05) is 31.2 Å². The molecule has 0 aromatic heterocycles. The van der Waals surface area contributed by atoms with Gasteiger partial charge >= 0.3 is 11.8 Å². The molecular formula is C17H21N3O3. The summed E-state index contributed by atoms with van der Waals surface area (Å²) in [5.74, 6) is -1.60. The number of amides is 3. The topological polar surface area (TPSA) is 78.5 Å². The fourth-order valence-corrected chi connectivity index (χ4v) is 3.37. The molecule has 6 nitrogen and oxygen atoms in total. The van der Waals surface area contributed by atoms with Crippen molar-refractivity contribution in [2.24, 2.45) is 0 Å². The standard InChI is InChI=1S/C17H21N3O3/c1-2-20-13-10-6-5-9-12(13)14(17(20)23)19-16(22)15(21)18-11-7-3-4-8-11/h5-6,9-11,14H,2-4,7-8H2,1H3,(H,18,21)(H,19,22)/t14-/m0/s1. The minimum Gasteiger partial charge on any atom is -0.345 e. The van der Waals surface area contributed by atoms with Crippen LogP contribution in [-0.2, 0) is 14.4 Å². The average molecular weight is 315 g/mol. The molecule has 1 aromatic rings. The van der Waals surface area contributed by atoms with Crippen LogP contribution in [-0.4, -0.2) is 30.3 Å². The number of rotatable bonds is 3. The van der Waals surface area contributed by atoms with E-state index in [0.29, 0.717) is 6.54 Å². The number of likely N-dealkylation sites (N-methyl/N-ethyl adjacent to an activating group) is 1. The predicted octanol–water partition coefficient (Wildman–Crippen LogP) is 1.27. The highest BCUT2D eigenvalue weighted by atomic mass is 16.2. The number of carbonyl (C=O) groups excluding carboxylic acids is 3. The van der Waals surface area contributed by atoms with Crippen LogP contribution in [0.5, 0.6) is 0 Å². The van der Waals surface area contributed by atoms with Gasteiger partial charge < -0.3 is 15.5 Å². The first kappa shape index (κ1) is 15.5. The zero-order valence-corrected chi connectivity index (χ0v) is 13.2. The maximum absolute atomic E-state index is 12.5. The van der Waals surface area contributed by atoms with E-state index in [2.05, 4.69) is 10.6 Å². The Hall–Kier alpha value is -2.37. The molecule has 122 valence electrons. The molecule has 3 amide bonds. The lowest BCUT2D eigenvalue weighted by molar-refractivity contribution is -0.140. The zero-order valence-electron chi connectivity index (χ0n) is 13.2. The van der Waals surface area contributed by atoms with E-state index in [1.165, 1.54) is 0 Å². The van der Waals surface area contributed by atoms with E-state index in [1.54, 1.807) is 4.90 Å². The van der Waals surface area contributed by atoms with Crippen molar-refractivity contribution in [3.8, 4) is 0 Å². The SMILES string of the molecule is CCN1C(=O)[C@@H](NC(=O)C(=O)NC2CCCC2)c2ccccc21. The number of fused-ring (bicyclic) bond motifs is 1. The lowest BCUT2D eigenvalue weighted by atomic mass is 10.1. The summed E-state index contributed by atoms with van der Waals surface area (Å²) in [6.45, 7) is 2.40. The molecule has 1 aliphatic carbocycles. The van der Waals surface area contributed by atoms with Crippen LogP contribution in [0.15, 0.2) is 24.3 Å². The Morgan fingerprint density at radius 3 is 2.48 bits per heavy atom. The van der Waals surface area contributed by atoms with Gasteiger partial charge in [-0.2, -0.15) is 0 Å². The molecule has 0 spiro atoms. The monoisotopic (exact) mass is 315 g/mol. The smallest absolute Gasteiger partial charge is 0.310 e. The summed E-state index contributed by atoms with van der Waals surface area (Å²) >= 11 is 0. The maximum Gasteiger partial charge on any atom is 0.310 e. The second-order valence-electron chi connectivity index (χ2n) is 6.00. The van der Waals surface area contributed by atoms with Crippen molar-refractivity contribution < 1.29 is 14.4 Å². The summed E-state index contributed by atoms with van der Waals surface area (Å²) in [7, 11) is 0. The van der Waals surface area contributed by atoms with Crippen molar-refractivity contribution >= 4 is 23.4 Å². The number of hydrogen-bond acceptors (Lipinski definition) is 3. The van der Waals surface area contributed by atoms with Gasteiger partial charge in [0.05, 0.1) is 0 Å². The highest BCUT2D eigenvalue weighted by molar-refractivity contribution is 6.35. The average Bonchev–Trinajstić information content (AvgIpc) is 3.14. The summed E-state index contributed by atoms with van der Waals surface area (Å²) in [6, 6.07) is 6.62. The van der Waals surface area contributed by atoms with Crippen LogP contribution in [0.3, 0.4) is 0 Å². The van der Waals surface area contributed by atoms with Crippen molar-refractivity contribution in [3.05, 3.63) is 29.8 Å². The van der Waals surface area contributed by atoms with Gasteiger partial charge in [-0.1, -0.05) is 31.0 Å². The first-order valence-electron chi connectivity index (χ1n) is 8.13. The van der Waals surface area contributed by atoms with Crippen molar-refractivity contribution in [2.45, 2.75) is 44.7 Å². The third-order valence-electron chi connectivity index (χ3n) is 4.54. The minimum atomic E-state index is -0.784. The van der Waals surface area contributed by atoms with Gasteiger partial charge in [-0.15, -0.1) is 0 Å². The van der Waals surface area contributed by atoms with E-state index < -0.39 is 17.9 Å². The number of hydrogen-bond donors (Lipinski definition) is 2. The molecule has 0 unspecified atom stereocenters. The van der Waals surface area contributed by atoms with Crippen LogP contribution in [0.1, 0.15) is 44.2 Å². The molecule has 2 N–H and O–H groups in total. The fraction of sp³-hybridized carbons (Fsp3) is 0.471. The summed E-state index contributed by atoms with van der Waals surface area (Å²) in [5, 5.41) is 5.32. The number of nitrogens with one attached hydrogen (secondary N) is 2. The van der Waals surface area contributed by atoms with Crippen molar-refractivity contribution in [2.75, 3.05) is 11.4 Å². The van der Waals surface area contributed by atoms with Crippen molar-refractivity contribution in [3.63, 3.8) is 0 Å². The first-order valence-corrected chi connectivity index (χ1v) is 8.13. The molecule has 3 rings (SSSR count). The van der Waals surface area contributed by atoms with Gasteiger partial charge in [0.2, 0.25) is 0 Å². The molecule has 0 radical (unpaired) electrons. The van der Waals surface area contributed by atoms with Gasteiger partial charge in [0.15, 0.2) is 0 Å². The van der Waals surface area contributed by atoms with Crippen LogP contribution in [0.25, 0.3) is 0 Å². The second kappa shape index (κ2) is 6.40. The molecule has 0 saturated heterocycles. The highest BCUT2D eigenvalue weighted by Gasteiger charge is 2.38. The number of carbonyl (C=O) groups is 3. The molecule has 2 aliphatic rings. The minimum absolute atomic E-state index is 0.0759. The Labute approximate surface area is 135 Å². The largest absolute Gasteiger partial charge is 0.345 e. The lowest BCUT2D eigenvalue weighted by Crippen LogP contribution is -2.46. The molecule has 1 atom stereocenters. The molecule has 1 heterocycles. The van der Waals surface area contributed by atoms with Crippen LogP contribution < -0.4 is 15.5 Å². The molecule has 23 heavy (non-hydrogen) atoms. The Morgan fingerprint density at radius 1 is 1.13 bits per heavy atom. The van der Waals surface area contributed by atoms with E-state index in [4.69, 9.17) is 0 Å². The summed E-state index contributed by atoms with van der Waals surface area (Å²) in [5.41, 5.74) is 1.53. The second-order valence-corrected chi connectivity index (χ2v) is 6.00. The van der Waals surface area contributed by atoms with Crippen molar-refractivity contribution in [1.29, 1.82) is 0 Å². The highest BCUT2D eigenvalue weighted by Crippen LogP contribution is 2.35. The van der Waals surface area contributed by atoms with Gasteiger partial charge in [-0.3, -0.25) is 14.4 Å². The van der Waals surface area contributed by atoms with Crippen LogP contribution in [0.4, 0.5) is 5.69 Å². The third kappa shape index (κ3) is 2.93. The lowest BCUT2D eigenvalue weighted by Gasteiger charge is -2.16. The Morgan fingerprint density at radius 2 is 1.78 bits per heavy atom. The molecular weight excluding hydrogens is 294 g/mol. The molecule has 1 aliphatic heterocycles. The van der Waals surface area contributed by atoms with Gasteiger partial charge in [-0.25, -0.2) is 0 Å².